The van der Waals surface area contributed by atoms with Gasteiger partial charge in [0.25, 0.3) is 5.56 Å². The molecule has 0 amide bonds. The summed E-state index contributed by atoms with van der Waals surface area (Å²) in [5, 5.41) is 8.98. The van der Waals surface area contributed by atoms with Gasteiger partial charge < -0.3 is 14.2 Å². The molecule has 218 valence electrons. The van der Waals surface area contributed by atoms with Crippen LogP contribution in [0.4, 0.5) is 0 Å². The number of aromatic nitrogens is 1. The number of carbonyl (C=O) groups is 1. The smallest absolute Gasteiger partial charge is 0.338 e. The van der Waals surface area contributed by atoms with E-state index in [1.165, 1.54) is 11.3 Å². The maximum atomic E-state index is 13.9. The SMILES string of the molecule is CCOC(=O)C1=C(C)N=c2s/c(=C/c3ccc(OCc4ccc(C#N)cc4)c(Br)c3)c(=O)n2[C@@H]1c1ccc(OC)c(Br)c1. The quantitative estimate of drug-likeness (QED) is 0.214. The number of ether oxygens (including phenoxy) is 3. The third kappa shape index (κ3) is 6.37. The second-order valence-electron chi connectivity index (χ2n) is 9.48. The number of benzene rings is 3. The van der Waals surface area contributed by atoms with Crippen LogP contribution in [0, 0.1) is 11.3 Å². The molecule has 0 saturated heterocycles. The van der Waals surface area contributed by atoms with Gasteiger partial charge in [0.05, 0.1) is 56.1 Å². The minimum atomic E-state index is -0.732. The molecule has 1 atom stereocenters. The van der Waals surface area contributed by atoms with Gasteiger partial charge in [-0.25, -0.2) is 9.79 Å². The molecule has 0 spiro atoms. The van der Waals surface area contributed by atoms with Crippen molar-refractivity contribution >= 4 is 55.2 Å². The molecule has 0 radical (unpaired) electrons. The van der Waals surface area contributed by atoms with Crippen LogP contribution < -0.4 is 24.4 Å². The zero-order valence-corrected chi connectivity index (χ0v) is 27.4. The third-order valence-corrected chi connectivity index (χ3v) is 8.96. The number of methoxy groups -OCH3 is 1. The van der Waals surface area contributed by atoms with Gasteiger partial charge in [-0.2, -0.15) is 5.26 Å². The minimum Gasteiger partial charge on any atom is -0.496 e. The van der Waals surface area contributed by atoms with Crippen molar-refractivity contribution < 1.29 is 19.0 Å². The van der Waals surface area contributed by atoms with Crippen LogP contribution in [0.3, 0.4) is 0 Å². The first-order chi connectivity index (χ1) is 20.7. The summed E-state index contributed by atoms with van der Waals surface area (Å²) in [4.78, 5) is 32.2. The fraction of sp³-hybridized carbons (Fsp3) is 0.188. The predicted molar refractivity (Wildman–Crippen MR) is 171 cm³/mol. The summed E-state index contributed by atoms with van der Waals surface area (Å²) in [5.41, 5.74) is 3.56. The monoisotopic (exact) mass is 721 g/mol. The lowest BCUT2D eigenvalue weighted by atomic mass is 9.96. The molecule has 2 heterocycles. The molecule has 0 fully saturated rings. The van der Waals surface area contributed by atoms with Crippen LogP contribution in [0.25, 0.3) is 6.08 Å². The zero-order valence-electron chi connectivity index (χ0n) is 23.4. The number of nitriles is 1. The Morgan fingerprint density at radius 2 is 1.81 bits per heavy atom. The molecule has 0 saturated carbocycles. The second-order valence-corrected chi connectivity index (χ2v) is 12.2. The topological polar surface area (TPSA) is 103 Å². The molecule has 0 bridgehead atoms. The van der Waals surface area contributed by atoms with E-state index in [0.717, 1.165) is 15.6 Å². The van der Waals surface area contributed by atoms with E-state index in [4.69, 9.17) is 19.5 Å². The third-order valence-electron chi connectivity index (χ3n) is 6.74. The highest BCUT2D eigenvalue weighted by atomic mass is 79.9. The molecule has 1 aliphatic heterocycles. The molecule has 4 aromatic rings. The highest BCUT2D eigenvalue weighted by Gasteiger charge is 2.33. The van der Waals surface area contributed by atoms with E-state index in [0.29, 0.717) is 54.3 Å². The van der Waals surface area contributed by atoms with Crippen LogP contribution in [0.5, 0.6) is 11.5 Å². The van der Waals surface area contributed by atoms with Crippen molar-refractivity contribution in [1.29, 1.82) is 5.26 Å². The largest absolute Gasteiger partial charge is 0.496 e. The Morgan fingerprint density at radius 1 is 1.09 bits per heavy atom. The highest BCUT2D eigenvalue weighted by molar-refractivity contribution is 9.10. The standard InChI is InChI=1S/C32H25Br2N3O5S/c1-4-41-31(39)28-18(2)36-32-37(29(28)22-10-12-25(40-3)24(34)15-22)30(38)27(43-32)14-21-9-11-26(23(33)13-21)42-17-20-7-5-19(16-35)6-8-20/h5-15,29H,4,17H2,1-3H3/b27-14+/t29-/m1/s1. The van der Waals surface area contributed by atoms with Crippen LogP contribution in [-0.2, 0) is 16.1 Å². The number of allylic oxidation sites excluding steroid dienone is 1. The van der Waals surface area contributed by atoms with E-state index in [1.54, 1.807) is 49.8 Å². The van der Waals surface area contributed by atoms with E-state index < -0.39 is 12.0 Å². The van der Waals surface area contributed by atoms with Crippen LogP contribution in [0.2, 0.25) is 0 Å². The first-order valence-electron chi connectivity index (χ1n) is 13.2. The fourth-order valence-corrected chi connectivity index (χ4v) is 6.79. The van der Waals surface area contributed by atoms with Gasteiger partial charge in [0, 0.05) is 0 Å². The van der Waals surface area contributed by atoms with E-state index >= 15 is 0 Å². The second kappa shape index (κ2) is 13.1. The number of esters is 1. The van der Waals surface area contributed by atoms with Crippen molar-refractivity contribution in [3.63, 3.8) is 0 Å². The molecule has 8 nitrogen and oxygen atoms in total. The van der Waals surface area contributed by atoms with E-state index in [-0.39, 0.29) is 12.2 Å². The Kier molecular flexibility index (Phi) is 9.30. The van der Waals surface area contributed by atoms with E-state index in [9.17, 15) is 9.59 Å². The summed E-state index contributed by atoms with van der Waals surface area (Å²) in [6, 6.07) is 19.6. The van der Waals surface area contributed by atoms with Crippen LogP contribution >= 0.6 is 43.2 Å². The van der Waals surface area contributed by atoms with Gasteiger partial charge in [0.15, 0.2) is 4.80 Å². The molecule has 0 aliphatic carbocycles. The van der Waals surface area contributed by atoms with Gasteiger partial charge in [-0.1, -0.05) is 35.6 Å². The maximum Gasteiger partial charge on any atom is 0.338 e. The van der Waals surface area contributed by atoms with E-state index in [1.807, 2.05) is 42.5 Å². The van der Waals surface area contributed by atoms with Crippen molar-refractivity contribution in [2.45, 2.75) is 26.5 Å². The Balaban J connectivity index is 1.52. The number of thiazole rings is 1. The average molecular weight is 723 g/mol. The molecule has 43 heavy (non-hydrogen) atoms. The number of hydrogen-bond acceptors (Lipinski definition) is 8. The fourth-order valence-electron chi connectivity index (χ4n) is 4.67. The molecule has 3 aromatic carbocycles. The molecule has 1 aromatic heterocycles. The predicted octanol–water partition coefficient (Wildman–Crippen LogP) is 5.78. The summed E-state index contributed by atoms with van der Waals surface area (Å²) >= 11 is 8.36. The normalized spacial score (nSPS) is 14.5. The lowest BCUT2D eigenvalue weighted by Gasteiger charge is -2.25. The average Bonchev–Trinajstić information content (AvgIpc) is 3.30. The number of rotatable bonds is 8. The van der Waals surface area contributed by atoms with Gasteiger partial charge >= 0.3 is 5.97 Å². The molecule has 0 unspecified atom stereocenters. The summed E-state index contributed by atoms with van der Waals surface area (Å²) in [6.07, 6.45) is 1.80. The van der Waals surface area contributed by atoms with Crippen LogP contribution in [0.15, 0.2) is 90.7 Å². The first-order valence-corrected chi connectivity index (χ1v) is 15.6. The number of halogens is 2. The van der Waals surface area contributed by atoms with E-state index in [2.05, 4.69) is 42.9 Å². The lowest BCUT2D eigenvalue weighted by Crippen LogP contribution is -2.39. The Bertz CT molecular complexity index is 1970. The van der Waals surface area contributed by atoms with Crippen molar-refractivity contribution in [3.05, 3.63) is 123 Å². The van der Waals surface area contributed by atoms with Crippen LogP contribution in [-0.4, -0.2) is 24.3 Å². The van der Waals surface area contributed by atoms with Gasteiger partial charge in [-0.05, 0) is 105 Å². The number of carbonyl (C=O) groups excluding carboxylic acids is 1. The summed E-state index contributed by atoms with van der Waals surface area (Å²) < 4.78 is 20.2. The minimum absolute atomic E-state index is 0.196. The molecular weight excluding hydrogens is 698 g/mol. The summed E-state index contributed by atoms with van der Waals surface area (Å²) in [7, 11) is 1.57. The summed E-state index contributed by atoms with van der Waals surface area (Å²) in [6.45, 7) is 4.03. The van der Waals surface area contributed by atoms with Gasteiger partial charge in [-0.3, -0.25) is 9.36 Å². The van der Waals surface area contributed by atoms with Gasteiger partial charge in [0.1, 0.15) is 18.1 Å². The van der Waals surface area contributed by atoms with Crippen molar-refractivity contribution in [2.75, 3.05) is 13.7 Å². The Hall–Kier alpha value is -3.98. The number of nitrogens with zero attached hydrogens (tertiary/aromatic N) is 3. The highest BCUT2D eigenvalue weighted by Crippen LogP contribution is 2.35. The number of fused-ring (bicyclic) bond motifs is 1. The van der Waals surface area contributed by atoms with Gasteiger partial charge in [-0.15, -0.1) is 0 Å². The molecule has 5 rings (SSSR count). The van der Waals surface area contributed by atoms with Crippen molar-refractivity contribution in [2.24, 2.45) is 4.99 Å². The molecule has 1 aliphatic rings. The number of hydrogen-bond donors (Lipinski definition) is 0. The van der Waals surface area contributed by atoms with Crippen molar-refractivity contribution in [1.82, 2.24) is 4.57 Å². The first kappa shape index (κ1) is 30.5. The van der Waals surface area contributed by atoms with Crippen molar-refractivity contribution in [3.8, 4) is 17.6 Å². The zero-order chi connectivity index (χ0) is 30.7. The maximum absolute atomic E-state index is 13.9. The Morgan fingerprint density at radius 3 is 2.47 bits per heavy atom. The van der Waals surface area contributed by atoms with Crippen LogP contribution in [0.1, 0.15) is 42.1 Å². The molecule has 0 N–H and O–H groups in total. The van der Waals surface area contributed by atoms with Gasteiger partial charge in [0.2, 0.25) is 0 Å². The molecular formula is C32H25Br2N3O5S. The Labute approximate surface area is 268 Å². The molecule has 11 heteroatoms. The summed E-state index contributed by atoms with van der Waals surface area (Å²) in [5.74, 6) is 0.753. The lowest BCUT2D eigenvalue weighted by molar-refractivity contribution is -0.139.